The van der Waals surface area contributed by atoms with Gasteiger partial charge in [0.2, 0.25) is 11.8 Å². The van der Waals surface area contributed by atoms with Crippen molar-refractivity contribution in [1.29, 1.82) is 0 Å². The number of carbonyl (C=O) groups is 2. The summed E-state index contributed by atoms with van der Waals surface area (Å²) in [6.45, 7) is 9.23. The van der Waals surface area contributed by atoms with Gasteiger partial charge >= 0.3 is 0 Å². The van der Waals surface area contributed by atoms with Crippen molar-refractivity contribution < 1.29 is 9.59 Å². The van der Waals surface area contributed by atoms with Crippen LogP contribution in [0.25, 0.3) is 0 Å². The van der Waals surface area contributed by atoms with Crippen LogP contribution >= 0.6 is 0 Å². The van der Waals surface area contributed by atoms with E-state index >= 15 is 0 Å². The lowest BCUT2D eigenvalue weighted by Crippen LogP contribution is -2.50. The molecule has 28 heavy (non-hydrogen) atoms. The standard InChI is InChI=1S/C23H29N3O2/c1-17-7-9-20(10-8-17)15-23(28)26-13-11-25(12-14-26)16-22(27)24-21-6-4-5-18(2)19(21)3/h4-10H,11-16H2,1-3H3,(H,24,27). The van der Waals surface area contributed by atoms with E-state index in [9.17, 15) is 9.59 Å². The highest BCUT2D eigenvalue weighted by Gasteiger charge is 2.22. The molecule has 0 radical (unpaired) electrons. The molecule has 0 spiro atoms. The van der Waals surface area contributed by atoms with Gasteiger partial charge in [0.05, 0.1) is 13.0 Å². The van der Waals surface area contributed by atoms with Gasteiger partial charge in [0.1, 0.15) is 0 Å². The first-order valence-electron chi connectivity index (χ1n) is 9.84. The molecule has 2 amide bonds. The van der Waals surface area contributed by atoms with E-state index in [2.05, 4.69) is 10.2 Å². The van der Waals surface area contributed by atoms with E-state index in [1.807, 2.05) is 68.1 Å². The Morgan fingerprint density at radius 3 is 2.29 bits per heavy atom. The molecule has 1 aliphatic rings. The summed E-state index contributed by atoms with van der Waals surface area (Å²) < 4.78 is 0. The van der Waals surface area contributed by atoms with E-state index in [1.54, 1.807) is 0 Å². The third kappa shape index (κ3) is 5.20. The Morgan fingerprint density at radius 2 is 1.61 bits per heavy atom. The van der Waals surface area contributed by atoms with E-state index in [1.165, 1.54) is 11.1 Å². The molecule has 0 unspecified atom stereocenters. The molecule has 1 heterocycles. The normalized spacial score (nSPS) is 14.8. The lowest BCUT2D eigenvalue weighted by atomic mass is 10.1. The van der Waals surface area contributed by atoms with E-state index in [4.69, 9.17) is 0 Å². The zero-order chi connectivity index (χ0) is 20.1. The summed E-state index contributed by atoms with van der Waals surface area (Å²) in [6.07, 6.45) is 0.438. The number of aryl methyl sites for hydroxylation is 2. The molecule has 1 aliphatic heterocycles. The van der Waals surface area contributed by atoms with Gasteiger partial charge < -0.3 is 10.2 Å². The minimum atomic E-state index is -0.00636. The Morgan fingerprint density at radius 1 is 0.929 bits per heavy atom. The molecule has 1 saturated heterocycles. The van der Waals surface area contributed by atoms with E-state index < -0.39 is 0 Å². The van der Waals surface area contributed by atoms with Crippen LogP contribution in [0.15, 0.2) is 42.5 Å². The molecular formula is C23H29N3O2. The Kier molecular flexibility index (Phi) is 6.47. The number of anilines is 1. The molecule has 0 aromatic heterocycles. The van der Waals surface area contributed by atoms with Gasteiger partial charge in [-0.15, -0.1) is 0 Å². The second-order valence-corrected chi connectivity index (χ2v) is 7.61. The molecule has 2 aromatic rings. The van der Waals surface area contributed by atoms with E-state index in [-0.39, 0.29) is 11.8 Å². The average Bonchev–Trinajstić information content (AvgIpc) is 2.68. The van der Waals surface area contributed by atoms with Crippen molar-refractivity contribution in [3.8, 4) is 0 Å². The molecule has 148 valence electrons. The minimum absolute atomic E-state index is 0.00636. The lowest BCUT2D eigenvalue weighted by Gasteiger charge is -2.34. The van der Waals surface area contributed by atoms with Crippen LogP contribution in [0.5, 0.6) is 0 Å². The maximum absolute atomic E-state index is 12.5. The van der Waals surface area contributed by atoms with Gasteiger partial charge in [-0.1, -0.05) is 42.0 Å². The summed E-state index contributed by atoms with van der Waals surface area (Å²) in [5, 5.41) is 3.01. The van der Waals surface area contributed by atoms with Crippen molar-refractivity contribution in [3.63, 3.8) is 0 Å². The predicted octanol–water partition coefficient (Wildman–Crippen LogP) is 2.94. The van der Waals surface area contributed by atoms with Crippen molar-refractivity contribution >= 4 is 17.5 Å². The summed E-state index contributed by atoms with van der Waals surface area (Å²) in [7, 11) is 0. The third-order valence-electron chi connectivity index (χ3n) is 5.45. The second kappa shape index (κ2) is 9.02. The topological polar surface area (TPSA) is 52.7 Å². The van der Waals surface area contributed by atoms with Gasteiger partial charge in [-0.2, -0.15) is 0 Å². The molecule has 1 N–H and O–H groups in total. The van der Waals surface area contributed by atoms with Crippen molar-refractivity contribution in [2.45, 2.75) is 27.2 Å². The zero-order valence-corrected chi connectivity index (χ0v) is 17.0. The van der Waals surface area contributed by atoms with Crippen molar-refractivity contribution in [3.05, 3.63) is 64.7 Å². The molecule has 3 rings (SSSR count). The maximum Gasteiger partial charge on any atom is 0.238 e. The third-order valence-corrected chi connectivity index (χ3v) is 5.45. The SMILES string of the molecule is Cc1ccc(CC(=O)N2CCN(CC(=O)Nc3cccc(C)c3C)CC2)cc1. The van der Waals surface area contributed by atoms with Gasteiger partial charge in [0, 0.05) is 31.9 Å². The van der Waals surface area contributed by atoms with E-state index in [0.29, 0.717) is 26.1 Å². The van der Waals surface area contributed by atoms with Gasteiger partial charge in [-0.3, -0.25) is 14.5 Å². The molecule has 1 fully saturated rings. The highest BCUT2D eigenvalue weighted by atomic mass is 16.2. The highest BCUT2D eigenvalue weighted by molar-refractivity contribution is 5.93. The number of rotatable bonds is 5. The molecule has 5 heteroatoms. The monoisotopic (exact) mass is 379 g/mol. The predicted molar refractivity (Wildman–Crippen MR) is 112 cm³/mol. The Hall–Kier alpha value is -2.66. The summed E-state index contributed by atoms with van der Waals surface area (Å²) in [6, 6.07) is 14.0. The number of hydrogen-bond donors (Lipinski definition) is 1. The molecule has 5 nitrogen and oxygen atoms in total. The maximum atomic E-state index is 12.5. The van der Waals surface area contributed by atoms with Gasteiger partial charge in [-0.05, 0) is 43.5 Å². The van der Waals surface area contributed by atoms with Crippen molar-refractivity contribution in [1.82, 2.24) is 9.80 Å². The zero-order valence-electron chi connectivity index (χ0n) is 17.0. The second-order valence-electron chi connectivity index (χ2n) is 7.61. The quantitative estimate of drug-likeness (QED) is 0.869. The van der Waals surface area contributed by atoms with Crippen LogP contribution in [0.1, 0.15) is 22.3 Å². The number of nitrogens with one attached hydrogen (secondary N) is 1. The smallest absolute Gasteiger partial charge is 0.238 e. The number of amides is 2. The Balaban J connectivity index is 1.45. The highest BCUT2D eigenvalue weighted by Crippen LogP contribution is 2.18. The van der Waals surface area contributed by atoms with E-state index in [0.717, 1.165) is 29.9 Å². The van der Waals surface area contributed by atoms with Crippen LogP contribution < -0.4 is 5.32 Å². The molecule has 0 bridgehead atoms. The Bertz CT molecular complexity index is 837. The fourth-order valence-electron chi connectivity index (χ4n) is 3.43. The molecule has 2 aromatic carbocycles. The summed E-state index contributed by atoms with van der Waals surface area (Å²) in [4.78, 5) is 28.9. The number of benzene rings is 2. The molecule has 0 aliphatic carbocycles. The van der Waals surface area contributed by atoms with Crippen LogP contribution in [-0.4, -0.2) is 54.3 Å². The summed E-state index contributed by atoms with van der Waals surface area (Å²) >= 11 is 0. The average molecular weight is 380 g/mol. The van der Waals surface area contributed by atoms with Gasteiger partial charge in [0.25, 0.3) is 0 Å². The summed E-state index contributed by atoms with van der Waals surface area (Å²) in [5.74, 6) is 0.150. The lowest BCUT2D eigenvalue weighted by molar-refractivity contribution is -0.132. The largest absolute Gasteiger partial charge is 0.340 e. The van der Waals surface area contributed by atoms with Gasteiger partial charge in [0.15, 0.2) is 0 Å². The molecular weight excluding hydrogens is 350 g/mol. The van der Waals surface area contributed by atoms with Crippen molar-refractivity contribution in [2.75, 3.05) is 38.0 Å². The number of hydrogen-bond acceptors (Lipinski definition) is 3. The van der Waals surface area contributed by atoms with Crippen molar-refractivity contribution in [2.24, 2.45) is 0 Å². The molecule has 0 saturated carbocycles. The van der Waals surface area contributed by atoms with Gasteiger partial charge in [-0.25, -0.2) is 0 Å². The minimum Gasteiger partial charge on any atom is -0.340 e. The number of carbonyl (C=O) groups excluding carboxylic acids is 2. The first-order chi connectivity index (χ1) is 13.4. The fraction of sp³-hybridized carbons (Fsp3) is 0.391. The Labute approximate surface area is 167 Å². The fourth-order valence-corrected chi connectivity index (χ4v) is 3.43. The van der Waals surface area contributed by atoms with Crippen LogP contribution in [0, 0.1) is 20.8 Å². The number of piperazine rings is 1. The summed E-state index contributed by atoms with van der Waals surface area (Å²) in [5.41, 5.74) is 5.38. The van der Waals surface area contributed by atoms with Crippen LogP contribution in [-0.2, 0) is 16.0 Å². The van der Waals surface area contributed by atoms with Crippen LogP contribution in [0.2, 0.25) is 0 Å². The first-order valence-corrected chi connectivity index (χ1v) is 9.84. The molecule has 0 atom stereocenters. The first kappa shape index (κ1) is 20.1. The van der Waals surface area contributed by atoms with Crippen LogP contribution in [0.3, 0.4) is 0 Å². The number of nitrogens with zero attached hydrogens (tertiary/aromatic N) is 2. The van der Waals surface area contributed by atoms with Crippen LogP contribution in [0.4, 0.5) is 5.69 Å².